The van der Waals surface area contributed by atoms with E-state index in [4.69, 9.17) is 0 Å². The summed E-state index contributed by atoms with van der Waals surface area (Å²) >= 11 is 0. The molecule has 0 saturated carbocycles. The molecule has 2 heterocycles. The van der Waals surface area contributed by atoms with Crippen LogP contribution in [0.1, 0.15) is 24.0 Å². The van der Waals surface area contributed by atoms with Gasteiger partial charge in [-0.15, -0.1) is 0 Å². The maximum Gasteiger partial charge on any atom is 0.282 e. The van der Waals surface area contributed by atoms with Crippen molar-refractivity contribution < 1.29 is 13.9 Å². The van der Waals surface area contributed by atoms with E-state index in [2.05, 4.69) is 15.6 Å². The van der Waals surface area contributed by atoms with Gasteiger partial charge in [0, 0.05) is 26.2 Å². The Balaban J connectivity index is 2.31. The summed E-state index contributed by atoms with van der Waals surface area (Å²) in [6.45, 7) is 2.89. The Kier molecular flexibility index (Phi) is 4.62. The number of nitrogens with one attached hydrogen (secondary N) is 2. The number of hydrogen-bond acceptors (Lipinski definition) is 5. The zero-order valence-electron chi connectivity index (χ0n) is 10.7. The van der Waals surface area contributed by atoms with E-state index >= 15 is 0 Å². The van der Waals surface area contributed by atoms with Gasteiger partial charge >= 0.3 is 0 Å². The molecule has 0 radical (unpaired) electrons. The van der Waals surface area contributed by atoms with Crippen molar-refractivity contribution in [3.63, 3.8) is 0 Å². The van der Waals surface area contributed by atoms with Crippen LogP contribution in [-0.2, 0) is 0 Å². The highest BCUT2D eigenvalue weighted by atomic mass is 19.3. The number of piperazine rings is 1. The summed E-state index contributed by atoms with van der Waals surface area (Å²) in [5.74, 6) is 0. The highest BCUT2D eigenvalue weighted by Crippen LogP contribution is 2.29. The lowest BCUT2D eigenvalue weighted by molar-refractivity contribution is 0.134. The topological polar surface area (TPSA) is 60.4 Å². The largest absolute Gasteiger partial charge is 0.373 e. The molecule has 1 aromatic heterocycles. The van der Waals surface area contributed by atoms with Crippen LogP contribution in [0.15, 0.2) is 12.1 Å². The SMILES string of the molecule is CNC(O)c1ccc(N2CCNCC2)c(C(F)F)n1. The van der Waals surface area contributed by atoms with Crippen LogP contribution >= 0.6 is 0 Å². The summed E-state index contributed by atoms with van der Waals surface area (Å²) in [6, 6.07) is 3.18. The molecule has 19 heavy (non-hydrogen) atoms. The first-order valence-corrected chi connectivity index (χ1v) is 6.23. The van der Waals surface area contributed by atoms with Crippen LogP contribution in [0.25, 0.3) is 0 Å². The van der Waals surface area contributed by atoms with Gasteiger partial charge in [-0.3, -0.25) is 5.32 Å². The van der Waals surface area contributed by atoms with Crippen molar-refractivity contribution >= 4 is 5.69 Å². The van der Waals surface area contributed by atoms with Gasteiger partial charge in [0.05, 0.1) is 11.4 Å². The van der Waals surface area contributed by atoms with Crippen LogP contribution in [0.4, 0.5) is 14.5 Å². The molecule has 0 spiro atoms. The minimum absolute atomic E-state index is 0.205. The normalized spacial score (nSPS) is 17.8. The van der Waals surface area contributed by atoms with Crippen molar-refractivity contribution in [2.45, 2.75) is 12.7 Å². The fraction of sp³-hybridized carbons (Fsp3) is 0.583. The number of anilines is 1. The number of alkyl halides is 2. The summed E-state index contributed by atoms with van der Waals surface area (Å²) in [7, 11) is 1.54. The molecule has 7 heteroatoms. The second-order valence-corrected chi connectivity index (χ2v) is 4.37. The second kappa shape index (κ2) is 6.23. The van der Waals surface area contributed by atoms with E-state index < -0.39 is 12.7 Å². The van der Waals surface area contributed by atoms with Crippen LogP contribution in [0, 0.1) is 0 Å². The molecule has 1 aliphatic heterocycles. The molecule has 2 rings (SSSR count). The van der Waals surface area contributed by atoms with E-state index in [1.165, 1.54) is 0 Å². The van der Waals surface area contributed by atoms with Gasteiger partial charge < -0.3 is 15.3 Å². The zero-order chi connectivity index (χ0) is 13.8. The number of hydrogen-bond donors (Lipinski definition) is 3. The average Bonchev–Trinajstić information content (AvgIpc) is 2.46. The summed E-state index contributed by atoms with van der Waals surface area (Å²) < 4.78 is 26.2. The summed E-state index contributed by atoms with van der Waals surface area (Å²) in [6.07, 6.45) is -3.69. The Hall–Kier alpha value is -1.31. The molecular formula is C12H18F2N4O. The molecule has 1 fully saturated rings. The lowest BCUT2D eigenvalue weighted by Gasteiger charge is -2.31. The molecule has 1 saturated heterocycles. The highest BCUT2D eigenvalue weighted by molar-refractivity contribution is 5.52. The van der Waals surface area contributed by atoms with Gasteiger partial charge in [-0.1, -0.05) is 0 Å². The van der Waals surface area contributed by atoms with E-state index in [9.17, 15) is 13.9 Å². The van der Waals surface area contributed by atoms with Crippen molar-refractivity contribution in [2.75, 3.05) is 38.1 Å². The first kappa shape index (κ1) is 14.1. The molecule has 0 bridgehead atoms. The number of halogens is 2. The third-order valence-corrected chi connectivity index (χ3v) is 3.14. The van der Waals surface area contributed by atoms with Gasteiger partial charge in [0.1, 0.15) is 11.9 Å². The monoisotopic (exact) mass is 272 g/mol. The minimum Gasteiger partial charge on any atom is -0.373 e. The van der Waals surface area contributed by atoms with Crippen molar-refractivity contribution in [1.29, 1.82) is 0 Å². The van der Waals surface area contributed by atoms with Gasteiger partial charge in [-0.25, -0.2) is 13.8 Å². The Morgan fingerprint density at radius 1 is 1.37 bits per heavy atom. The van der Waals surface area contributed by atoms with Gasteiger partial charge in [0.25, 0.3) is 6.43 Å². The average molecular weight is 272 g/mol. The van der Waals surface area contributed by atoms with E-state index in [1.807, 2.05) is 4.90 Å². The first-order valence-electron chi connectivity index (χ1n) is 6.23. The predicted molar refractivity (Wildman–Crippen MR) is 68.3 cm³/mol. The van der Waals surface area contributed by atoms with Gasteiger partial charge in [-0.05, 0) is 19.2 Å². The lowest BCUT2D eigenvalue weighted by atomic mass is 10.2. The third-order valence-electron chi connectivity index (χ3n) is 3.14. The molecule has 0 amide bonds. The van der Waals surface area contributed by atoms with Crippen molar-refractivity contribution in [3.05, 3.63) is 23.5 Å². The molecule has 1 unspecified atom stereocenters. The number of nitrogens with zero attached hydrogens (tertiary/aromatic N) is 2. The van der Waals surface area contributed by atoms with E-state index in [1.54, 1.807) is 19.2 Å². The van der Waals surface area contributed by atoms with Crippen molar-refractivity contribution in [1.82, 2.24) is 15.6 Å². The highest BCUT2D eigenvalue weighted by Gasteiger charge is 2.22. The lowest BCUT2D eigenvalue weighted by Crippen LogP contribution is -2.44. The van der Waals surface area contributed by atoms with Gasteiger partial charge in [0.2, 0.25) is 0 Å². The van der Waals surface area contributed by atoms with Crippen LogP contribution in [0.2, 0.25) is 0 Å². The standard InChI is InChI=1S/C12H18F2N4O/c1-15-12(19)8-2-3-9(10(17-8)11(13)14)18-6-4-16-5-7-18/h2-3,11-12,15-16,19H,4-7H2,1H3. The fourth-order valence-electron chi connectivity index (χ4n) is 2.12. The molecule has 5 nitrogen and oxygen atoms in total. The molecular weight excluding hydrogens is 254 g/mol. The number of aliphatic hydroxyl groups is 1. The molecule has 3 N–H and O–H groups in total. The number of aliphatic hydroxyl groups excluding tert-OH is 1. The summed E-state index contributed by atoms with van der Waals surface area (Å²) in [5.41, 5.74) is 0.383. The number of aromatic nitrogens is 1. The smallest absolute Gasteiger partial charge is 0.282 e. The molecule has 1 atom stereocenters. The van der Waals surface area contributed by atoms with Crippen LogP contribution < -0.4 is 15.5 Å². The van der Waals surface area contributed by atoms with Gasteiger partial charge in [0.15, 0.2) is 0 Å². The Morgan fingerprint density at radius 2 is 2.05 bits per heavy atom. The number of pyridine rings is 1. The van der Waals surface area contributed by atoms with E-state index in [-0.39, 0.29) is 11.4 Å². The Bertz CT molecular complexity index is 424. The Morgan fingerprint density at radius 3 is 2.63 bits per heavy atom. The summed E-state index contributed by atoms with van der Waals surface area (Å²) in [5, 5.41) is 15.3. The molecule has 1 aromatic rings. The first-order chi connectivity index (χ1) is 9.13. The fourth-order valence-corrected chi connectivity index (χ4v) is 2.12. The molecule has 106 valence electrons. The van der Waals surface area contributed by atoms with Crippen LogP contribution in [0.5, 0.6) is 0 Å². The predicted octanol–water partition coefficient (Wildman–Crippen LogP) is 0.639. The molecule has 0 aliphatic carbocycles. The van der Waals surface area contributed by atoms with Gasteiger partial charge in [-0.2, -0.15) is 0 Å². The maximum atomic E-state index is 13.1. The third kappa shape index (κ3) is 3.17. The van der Waals surface area contributed by atoms with Crippen molar-refractivity contribution in [3.8, 4) is 0 Å². The minimum atomic E-state index is -2.66. The second-order valence-electron chi connectivity index (χ2n) is 4.37. The van der Waals surface area contributed by atoms with E-state index in [0.717, 1.165) is 13.1 Å². The molecule has 1 aliphatic rings. The zero-order valence-corrected chi connectivity index (χ0v) is 10.7. The van der Waals surface area contributed by atoms with Crippen molar-refractivity contribution in [2.24, 2.45) is 0 Å². The quantitative estimate of drug-likeness (QED) is 0.702. The summed E-state index contributed by atoms with van der Waals surface area (Å²) in [4.78, 5) is 5.78. The Labute approximate surface area is 110 Å². The van der Waals surface area contributed by atoms with Crippen LogP contribution in [-0.4, -0.2) is 43.3 Å². The number of rotatable bonds is 4. The van der Waals surface area contributed by atoms with Crippen LogP contribution in [0.3, 0.4) is 0 Å². The maximum absolute atomic E-state index is 13.1. The molecule has 0 aromatic carbocycles. The van der Waals surface area contributed by atoms with E-state index in [0.29, 0.717) is 18.8 Å².